The number of ether oxygens (including phenoxy) is 2. The molecule has 0 aromatic heterocycles. The van der Waals surface area contributed by atoms with E-state index in [2.05, 4.69) is 13.8 Å². The molecule has 2 aromatic rings. The summed E-state index contributed by atoms with van der Waals surface area (Å²) in [7, 11) is 0. The zero-order valence-corrected chi connectivity index (χ0v) is 19.3. The highest BCUT2D eigenvalue weighted by Gasteiger charge is 2.02. The highest BCUT2D eigenvalue weighted by Crippen LogP contribution is 2.16. The minimum absolute atomic E-state index is 0.373. The van der Waals surface area contributed by atoms with E-state index in [9.17, 15) is 4.79 Å². The maximum Gasteiger partial charge on any atom is 0.336 e. The maximum absolute atomic E-state index is 12.1. The Bertz CT molecular complexity index is 760. The molecule has 0 amide bonds. The molecule has 168 valence electrons. The van der Waals surface area contributed by atoms with Gasteiger partial charge in [0, 0.05) is 6.08 Å². The van der Waals surface area contributed by atoms with Crippen LogP contribution in [-0.2, 0) is 11.2 Å². The Balaban J connectivity index is 1.69. The summed E-state index contributed by atoms with van der Waals surface area (Å²) in [6.45, 7) is 5.19. The third-order valence-corrected chi connectivity index (χ3v) is 5.27. The van der Waals surface area contributed by atoms with Gasteiger partial charge in [-0.3, -0.25) is 0 Å². The van der Waals surface area contributed by atoms with Crippen LogP contribution in [0, 0.1) is 0 Å². The van der Waals surface area contributed by atoms with Crippen molar-refractivity contribution in [3.8, 4) is 11.5 Å². The molecule has 0 aliphatic heterocycles. The van der Waals surface area contributed by atoms with Gasteiger partial charge < -0.3 is 9.47 Å². The number of hydrogen-bond acceptors (Lipinski definition) is 3. The van der Waals surface area contributed by atoms with Crippen LogP contribution < -0.4 is 9.47 Å². The van der Waals surface area contributed by atoms with Crippen molar-refractivity contribution in [1.29, 1.82) is 0 Å². The first-order chi connectivity index (χ1) is 15.2. The van der Waals surface area contributed by atoms with Gasteiger partial charge in [-0.05, 0) is 60.7 Å². The van der Waals surface area contributed by atoms with E-state index in [1.165, 1.54) is 63.0 Å². The van der Waals surface area contributed by atoms with Gasteiger partial charge in [0.05, 0.1) is 6.61 Å². The molecule has 3 heteroatoms. The Hall–Kier alpha value is -2.55. The van der Waals surface area contributed by atoms with Crippen molar-refractivity contribution in [3.63, 3.8) is 0 Å². The van der Waals surface area contributed by atoms with E-state index < -0.39 is 0 Å². The molecule has 3 nitrogen and oxygen atoms in total. The second-order valence-corrected chi connectivity index (χ2v) is 8.04. The zero-order valence-electron chi connectivity index (χ0n) is 19.3. The molecule has 0 saturated heterocycles. The van der Waals surface area contributed by atoms with Crippen LogP contribution in [0.4, 0.5) is 0 Å². The van der Waals surface area contributed by atoms with Crippen LogP contribution in [0.3, 0.4) is 0 Å². The highest BCUT2D eigenvalue weighted by atomic mass is 16.5. The smallest absolute Gasteiger partial charge is 0.336 e. The quantitative estimate of drug-likeness (QED) is 0.127. The van der Waals surface area contributed by atoms with Gasteiger partial charge in [0.2, 0.25) is 0 Å². The summed E-state index contributed by atoms with van der Waals surface area (Å²) < 4.78 is 11.2. The average Bonchev–Trinajstić information content (AvgIpc) is 2.79. The first-order valence-electron chi connectivity index (χ1n) is 11.9. The number of carbonyl (C=O) groups is 1. The Kier molecular flexibility index (Phi) is 12.2. The van der Waals surface area contributed by atoms with E-state index in [0.29, 0.717) is 5.75 Å². The number of unbranched alkanes of at least 4 members (excludes halogenated alkanes) is 7. The number of esters is 1. The molecule has 0 bridgehead atoms. The van der Waals surface area contributed by atoms with Crippen molar-refractivity contribution >= 4 is 12.0 Å². The fraction of sp³-hybridized carbons (Fsp3) is 0.464. The van der Waals surface area contributed by atoms with Crippen molar-refractivity contribution in [2.45, 2.75) is 78.1 Å². The lowest BCUT2D eigenvalue weighted by Gasteiger charge is -2.06. The van der Waals surface area contributed by atoms with Gasteiger partial charge in [0.1, 0.15) is 11.5 Å². The molecule has 0 radical (unpaired) electrons. The Morgan fingerprint density at radius 3 is 2.06 bits per heavy atom. The van der Waals surface area contributed by atoms with Crippen LogP contribution in [0.5, 0.6) is 11.5 Å². The molecule has 2 aromatic carbocycles. The third-order valence-electron chi connectivity index (χ3n) is 5.27. The number of hydrogen-bond donors (Lipinski definition) is 0. The largest absolute Gasteiger partial charge is 0.494 e. The predicted molar refractivity (Wildman–Crippen MR) is 130 cm³/mol. The summed E-state index contributed by atoms with van der Waals surface area (Å²) in [6.07, 6.45) is 15.5. The second kappa shape index (κ2) is 15.3. The number of aryl methyl sites for hydroxylation is 1. The fourth-order valence-electron chi connectivity index (χ4n) is 3.37. The number of benzene rings is 2. The molecule has 0 unspecified atom stereocenters. The molecule has 0 heterocycles. The Morgan fingerprint density at radius 2 is 1.35 bits per heavy atom. The second-order valence-electron chi connectivity index (χ2n) is 8.04. The molecule has 0 saturated carbocycles. The summed E-state index contributed by atoms with van der Waals surface area (Å²) in [5, 5.41) is 0. The highest BCUT2D eigenvalue weighted by molar-refractivity contribution is 5.88. The molecule has 2 rings (SSSR count). The van der Waals surface area contributed by atoms with Gasteiger partial charge in [-0.25, -0.2) is 4.79 Å². The van der Waals surface area contributed by atoms with Crippen LogP contribution >= 0.6 is 0 Å². The normalized spacial score (nSPS) is 11.0. The lowest BCUT2D eigenvalue weighted by Crippen LogP contribution is -2.03. The van der Waals surface area contributed by atoms with Crippen LogP contribution in [0.2, 0.25) is 0 Å². The van der Waals surface area contributed by atoms with Crippen LogP contribution in [0.1, 0.15) is 82.8 Å². The monoisotopic (exact) mass is 422 g/mol. The molecular formula is C28H38O3. The van der Waals surface area contributed by atoms with Gasteiger partial charge in [0.25, 0.3) is 0 Å². The summed E-state index contributed by atoms with van der Waals surface area (Å²) in [5.74, 6) is 1.07. The molecule has 0 spiro atoms. The van der Waals surface area contributed by atoms with Crippen molar-refractivity contribution in [2.24, 2.45) is 0 Å². The molecule has 31 heavy (non-hydrogen) atoms. The maximum atomic E-state index is 12.1. The van der Waals surface area contributed by atoms with E-state index in [1.807, 2.05) is 48.5 Å². The summed E-state index contributed by atoms with van der Waals surface area (Å²) in [6, 6.07) is 15.6. The summed E-state index contributed by atoms with van der Waals surface area (Å²) in [5.41, 5.74) is 2.22. The third kappa shape index (κ3) is 10.9. The standard InChI is InChI=1S/C28H38O3/c1-3-5-7-8-9-11-23-30-26-18-13-25(14-19-26)17-22-28(29)31-27-20-15-24(16-21-27)12-10-6-4-2/h13-22H,3-12,23H2,1-2H3. The van der Waals surface area contributed by atoms with Crippen LogP contribution in [-0.4, -0.2) is 12.6 Å². The number of carbonyl (C=O) groups excluding carboxylic acids is 1. The first-order valence-corrected chi connectivity index (χ1v) is 11.9. The summed E-state index contributed by atoms with van der Waals surface area (Å²) in [4.78, 5) is 12.1. The molecule has 0 aliphatic carbocycles. The van der Waals surface area contributed by atoms with Gasteiger partial charge in [-0.2, -0.15) is 0 Å². The minimum Gasteiger partial charge on any atom is -0.494 e. The van der Waals surface area contributed by atoms with Crippen LogP contribution in [0.25, 0.3) is 6.08 Å². The van der Waals surface area contributed by atoms with Crippen molar-refractivity contribution in [1.82, 2.24) is 0 Å². The van der Waals surface area contributed by atoms with E-state index in [4.69, 9.17) is 9.47 Å². The molecular weight excluding hydrogens is 384 g/mol. The number of rotatable bonds is 15. The molecule has 0 fully saturated rings. The van der Waals surface area contributed by atoms with Crippen molar-refractivity contribution < 1.29 is 14.3 Å². The predicted octanol–water partition coefficient (Wildman–Crippen LogP) is 7.78. The van der Waals surface area contributed by atoms with Gasteiger partial charge in [-0.15, -0.1) is 0 Å². The van der Waals surface area contributed by atoms with Crippen molar-refractivity contribution in [2.75, 3.05) is 6.61 Å². The van der Waals surface area contributed by atoms with Crippen LogP contribution in [0.15, 0.2) is 54.6 Å². The molecule has 0 atom stereocenters. The summed E-state index contributed by atoms with van der Waals surface area (Å²) >= 11 is 0. The van der Waals surface area contributed by atoms with E-state index in [1.54, 1.807) is 6.08 Å². The van der Waals surface area contributed by atoms with Crippen molar-refractivity contribution in [3.05, 3.63) is 65.7 Å². The first kappa shape index (κ1) is 24.7. The lowest BCUT2D eigenvalue weighted by atomic mass is 10.1. The van der Waals surface area contributed by atoms with Gasteiger partial charge in [0.15, 0.2) is 0 Å². The van der Waals surface area contributed by atoms with E-state index in [0.717, 1.165) is 30.8 Å². The van der Waals surface area contributed by atoms with E-state index >= 15 is 0 Å². The van der Waals surface area contributed by atoms with Gasteiger partial charge in [-0.1, -0.05) is 83.1 Å². The molecule has 0 N–H and O–H groups in total. The zero-order chi connectivity index (χ0) is 22.2. The van der Waals surface area contributed by atoms with E-state index in [-0.39, 0.29) is 5.97 Å². The van der Waals surface area contributed by atoms with Gasteiger partial charge >= 0.3 is 5.97 Å². The Labute approximate surface area is 188 Å². The topological polar surface area (TPSA) is 35.5 Å². The minimum atomic E-state index is -0.373. The average molecular weight is 423 g/mol. The molecule has 0 aliphatic rings. The fourth-order valence-corrected chi connectivity index (χ4v) is 3.37. The lowest BCUT2D eigenvalue weighted by molar-refractivity contribution is -0.128. The Morgan fingerprint density at radius 1 is 0.742 bits per heavy atom. The SMILES string of the molecule is CCCCCCCCOc1ccc(C=CC(=O)Oc2ccc(CCCCC)cc2)cc1.